The first-order chi connectivity index (χ1) is 9.69. The number of nitrogens with one attached hydrogen (secondary N) is 1. The number of likely N-dealkylation sites (N-methyl/N-ethyl adjacent to an activating group) is 1. The van der Waals surface area contributed by atoms with E-state index >= 15 is 0 Å². The first-order valence-electron chi connectivity index (χ1n) is 6.73. The molecule has 1 aliphatic heterocycles. The summed E-state index contributed by atoms with van der Waals surface area (Å²) in [7, 11) is 0. The molecule has 0 radical (unpaired) electrons. The Morgan fingerprint density at radius 1 is 1.60 bits per heavy atom. The predicted molar refractivity (Wildman–Crippen MR) is 83.1 cm³/mol. The van der Waals surface area contributed by atoms with E-state index in [0.29, 0.717) is 17.9 Å². The van der Waals surface area contributed by atoms with Gasteiger partial charge in [-0.05, 0) is 30.2 Å². The maximum absolute atomic E-state index is 12.5. The number of morpholine rings is 1. The van der Waals surface area contributed by atoms with Crippen molar-refractivity contribution in [3.8, 4) is 0 Å². The molecule has 0 spiro atoms. The number of thiophene rings is 1. The summed E-state index contributed by atoms with van der Waals surface area (Å²) in [5.41, 5.74) is 0.803. The first kappa shape index (κ1) is 13.9. The lowest BCUT2D eigenvalue weighted by molar-refractivity contribution is -0.0349. The molecule has 1 aliphatic rings. The van der Waals surface area contributed by atoms with Crippen LogP contribution in [0.4, 0.5) is 0 Å². The summed E-state index contributed by atoms with van der Waals surface area (Å²) in [6.07, 6.45) is 0.0221. The van der Waals surface area contributed by atoms with E-state index < -0.39 is 0 Å². The van der Waals surface area contributed by atoms with Crippen LogP contribution in [0.2, 0.25) is 0 Å². The van der Waals surface area contributed by atoms with E-state index in [1.54, 1.807) is 4.57 Å². The van der Waals surface area contributed by atoms with Crippen molar-refractivity contribution in [3.63, 3.8) is 0 Å². The third-order valence-electron chi connectivity index (χ3n) is 3.65. The zero-order valence-electron chi connectivity index (χ0n) is 11.3. The van der Waals surface area contributed by atoms with Crippen molar-refractivity contribution in [2.75, 3.05) is 26.2 Å². The molecule has 3 rings (SSSR count). The lowest BCUT2D eigenvalue weighted by Gasteiger charge is -2.32. The van der Waals surface area contributed by atoms with Crippen LogP contribution in [-0.2, 0) is 11.3 Å². The van der Waals surface area contributed by atoms with Gasteiger partial charge in [-0.3, -0.25) is 14.3 Å². The molecule has 1 saturated heterocycles. The Labute approximate surface area is 125 Å². The molecule has 1 unspecified atom stereocenters. The van der Waals surface area contributed by atoms with E-state index in [4.69, 9.17) is 17.0 Å². The fourth-order valence-electron chi connectivity index (χ4n) is 2.52. The molecule has 0 aliphatic carbocycles. The number of H-pyrrole nitrogens is 1. The highest BCUT2D eigenvalue weighted by molar-refractivity contribution is 7.71. The fourth-order valence-corrected chi connectivity index (χ4v) is 3.58. The lowest BCUT2D eigenvalue weighted by Crippen LogP contribution is -2.45. The van der Waals surface area contributed by atoms with Crippen LogP contribution in [0.5, 0.6) is 0 Å². The van der Waals surface area contributed by atoms with Crippen LogP contribution >= 0.6 is 23.6 Å². The summed E-state index contributed by atoms with van der Waals surface area (Å²) in [6, 6.07) is 1.89. The molecule has 0 saturated carbocycles. The second kappa shape index (κ2) is 5.77. The highest BCUT2D eigenvalue weighted by atomic mass is 32.1. The molecule has 2 aromatic rings. The molecule has 20 heavy (non-hydrogen) atoms. The van der Waals surface area contributed by atoms with Gasteiger partial charge >= 0.3 is 0 Å². The molecule has 1 atom stereocenters. The van der Waals surface area contributed by atoms with Crippen LogP contribution < -0.4 is 5.56 Å². The van der Waals surface area contributed by atoms with Crippen LogP contribution in [0.15, 0.2) is 16.2 Å². The third-order valence-corrected chi connectivity index (χ3v) is 4.87. The topological polar surface area (TPSA) is 50.3 Å². The standard InChI is InChI=1S/C13H17N3O2S2/c1-2-15-4-5-18-9(7-15)8-16-12(17)11-10(3-6-20-11)14-13(16)19/h3,6,9H,2,4-5,7-8H2,1H3,(H,14,19). The molecular formula is C13H17N3O2S2. The van der Waals surface area contributed by atoms with Gasteiger partial charge in [-0.1, -0.05) is 6.92 Å². The highest BCUT2D eigenvalue weighted by Crippen LogP contribution is 2.14. The number of aromatic amines is 1. The Bertz CT molecular complexity index is 718. The van der Waals surface area contributed by atoms with E-state index in [9.17, 15) is 4.79 Å². The van der Waals surface area contributed by atoms with Gasteiger partial charge in [-0.2, -0.15) is 0 Å². The van der Waals surface area contributed by atoms with Crippen molar-refractivity contribution in [1.29, 1.82) is 0 Å². The molecule has 5 nitrogen and oxygen atoms in total. The van der Waals surface area contributed by atoms with Gasteiger partial charge in [0.25, 0.3) is 5.56 Å². The average Bonchev–Trinajstić information content (AvgIpc) is 2.92. The monoisotopic (exact) mass is 311 g/mol. The van der Waals surface area contributed by atoms with Gasteiger partial charge in [-0.15, -0.1) is 11.3 Å². The van der Waals surface area contributed by atoms with Gasteiger partial charge < -0.3 is 9.72 Å². The zero-order valence-corrected chi connectivity index (χ0v) is 12.9. The van der Waals surface area contributed by atoms with Gasteiger partial charge in [0.1, 0.15) is 4.70 Å². The second-order valence-corrected chi connectivity index (χ2v) is 6.20. The van der Waals surface area contributed by atoms with Gasteiger partial charge in [0.2, 0.25) is 0 Å². The minimum absolute atomic E-state index is 0.0176. The van der Waals surface area contributed by atoms with Crippen molar-refractivity contribution in [1.82, 2.24) is 14.5 Å². The van der Waals surface area contributed by atoms with Crippen LogP contribution in [0, 0.1) is 4.77 Å². The van der Waals surface area contributed by atoms with Crippen LogP contribution in [0.1, 0.15) is 6.92 Å². The number of rotatable bonds is 3. The average molecular weight is 311 g/mol. The quantitative estimate of drug-likeness (QED) is 0.879. The Hall–Kier alpha value is -1.02. The van der Waals surface area contributed by atoms with E-state index in [0.717, 1.165) is 29.9 Å². The molecule has 0 bridgehead atoms. The highest BCUT2D eigenvalue weighted by Gasteiger charge is 2.21. The van der Waals surface area contributed by atoms with Crippen LogP contribution in [0.25, 0.3) is 10.2 Å². The Morgan fingerprint density at radius 3 is 3.25 bits per heavy atom. The number of nitrogens with zero attached hydrogens (tertiary/aromatic N) is 2. The molecule has 2 aromatic heterocycles. The molecule has 0 aromatic carbocycles. The molecule has 0 amide bonds. The minimum Gasteiger partial charge on any atom is -0.374 e. The summed E-state index contributed by atoms with van der Waals surface area (Å²) >= 11 is 6.74. The molecule has 3 heterocycles. The number of ether oxygens (including phenoxy) is 1. The third kappa shape index (κ3) is 2.58. The Kier molecular flexibility index (Phi) is 4.02. The van der Waals surface area contributed by atoms with Gasteiger partial charge in [0.15, 0.2) is 4.77 Å². The van der Waals surface area contributed by atoms with Crippen molar-refractivity contribution in [2.45, 2.75) is 19.6 Å². The van der Waals surface area contributed by atoms with E-state index in [2.05, 4.69) is 16.8 Å². The van der Waals surface area contributed by atoms with E-state index in [1.807, 2.05) is 11.4 Å². The lowest BCUT2D eigenvalue weighted by atomic mass is 10.2. The van der Waals surface area contributed by atoms with Crippen molar-refractivity contribution in [3.05, 3.63) is 26.6 Å². The zero-order chi connectivity index (χ0) is 14.1. The summed E-state index contributed by atoms with van der Waals surface area (Å²) in [5, 5.41) is 1.90. The Balaban J connectivity index is 1.90. The van der Waals surface area contributed by atoms with Crippen molar-refractivity contribution < 1.29 is 4.74 Å². The summed E-state index contributed by atoms with van der Waals surface area (Å²) in [4.78, 5) is 17.9. The fraction of sp³-hybridized carbons (Fsp3) is 0.538. The van der Waals surface area contributed by atoms with Crippen LogP contribution in [-0.4, -0.2) is 46.8 Å². The van der Waals surface area contributed by atoms with Crippen molar-refractivity contribution in [2.24, 2.45) is 0 Å². The Morgan fingerprint density at radius 2 is 2.45 bits per heavy atom. The molecule has 7 heteroatoms. The maximum Gasteiger partial charge on any atom is 0.272 e. The van der Waals surface area contributed by atoms with Gasteiger partial charge in [0, 0.05) is 13.1 Å². The number of hydrogen-bond acceptors (Lipinski definition) is 5. The summed E-state index contributed by atoms with van der Waals surface area (Å²) < 4.78 is 8.58. The van der Waals surface area contributed by atoms with E-state index in [-0.39, 0.29) is 11.7 Å². The minimum atomic E-state index is -0.0176. The van der Waals surface area contributed by atoms with Gasteiger partial charge in [-0.25, -0.2) is 0 Å². The summed E-state index contributed by atoms with van der Waals surface area (Å²) in [5.74, 6) is 0. The predicted octanol–water partition coefficient (Wildman–Crippen LogP) is 1.84. The molecular weight excluding hydrogens is 294 g/mol. The second-order valence-electron chi connectivity index (χ2n) is 4.90. The maximum atomic E-state index is 12.5. The van der Waals surface area contributed by atoms with Crippen LogP contribution in [0.3, 0.4) is 0 Å². The number of hydrogen-bond donors (Lipinski definition) is 1. The van der Waals surface area contributed by atoms with E-state index in [1.165, 1.54) is 11.3 Å². The largest absolute Gasteiger partial charge is 0.374 e. The van der Waals surface area contributed by atoms with Gasteiger partial charge in [0.05, 0.1) is 24.8 Å². The molecule has 1 N–H and O–H groups in total. The SMILES string of the molecule is CCN1CCOC(Cn2c(=S)[nH]c3ccsc3c2=O)C1. The number of aromatic nitrogens is 2. The smallest absolute Gasteiger partial charge is 0.272 e. The summed E-state index contributed by atoms with van der Waals surface area (Å²) in [6.45, 7) is 6.17. The molecule has 108 valence electrons. The normalized spacial score (nSPS) is 20.6. The number of fused-ring (bicyclic) bond motifs is 1. The van der Waals surface area contributed by atoms with Crippen molar-refractivity contribution >= 4 is 33.8 Å². The molecule has 1 fully saturated rings. The first-order valence-corrected chi connectivity index (χ1v) is 8.02.